The minimum Gasteiger partial charge on any atom is -0.382 e. The molecule has 0 aliphatic heterocycles. The zero-order valence-electron chi connectivity index (χ0n) is 18.9. The van der Waals surface area contributed by atoms with Crippen molar-refractivity contribution in [3.05, 3.63) is 89.8 Å². The fourth-order valence-corrected chi connectivity index (χ4v) is 3.88. The van der Waals surface area contributed by atoms with Crippen LogP contribution in [0.25, 0.3) is 16.8 Å². The van der Waals surface area contributed by atoms with Crippen molar-refractivity contribution in [1.82, 2.24) is 29.4 Å². The van der Waals surface area contributed by atoms with Crippen LogP contribution in [-0.4, -0.2) is 35.3 Å². The van der Waals surface area contributed by atoms with Crippen LogP contribution in [0.1, 0.15) is 27.2 Å². The largest absolute Gasteiger partial charge is 0.418 e. The quantitative estimate of drug-likeness (QED) is 0.380. The number of pyridine rings is 1. The Balaban J connectivity index is 1.45. The Kier molecular flexibility index (Phi) is 5.63. The van der Waals surface area contributed by atoms with Gasteiger partial charge in [-0.3, -0.25) is 14.5 Å². The molecule has 0 aliphatic carbocycles. The highest BCUT2D eigenvalue weighted by atomic mass is 19.4. The summed E-state index contributed by atoms with van der Waals surface area (Å²) in [5.74, 6) is -0.790. The molecule has 0 fully saturated rings. The number of rotatable bonds is 5. The maximum Gasteiger partial charge on any atom is 0.418 e. The standard InChI is InChI=1S/C24H19F3N8O/c1-14-18(23(36)33-17-10-31-34(12-17)11-15-5-3-2-4-6-15)7-16(9-29-14)20-8-19(24(25,26)27)21-22(28)30-13-32-35(20)21/h2-10,12-13H,11H2,1H3,(H,33,36)(H2,28,30,32). The Morgan fingerprint density at radius 3 is 2.61 bits per heavy atom. The number of hydrogen-bond acceptors (Lipinski definition) is 6. The van der Waals surface area contributed by atoms with Crippen LogP contribution in [0.5, 0.6) is 0 Å². The molecule has 0 unspecified atom stereocenters. The lowest BCUT2D eigenvalue weighted by molar-refractivity contribution is -0.136. The number of nitrogens with one attached hydrogen (secondary N) is 1. The van der Waals surface area contributed by atoms with E-state index in [-0.39, 0.29) is 28.2 Å². The van der Waals surface area contributed by atoms with Crippen molar-refractivity contribution in [1.29, 1.82) is 0 Å². The third-order valence-electron chi connectivity index (χ3n) is 5.59. The molecule has 3 N–H and O–H groups in total. The normalized spacial score (nSPS) is 11.7. The molecule has 0 saturated carbocycles. The molecule has 182 valence electrons. The second kappa shape index (κ2) is 8.80. The lowest BCUT2D eigenvalue weighted by atomic mass is 10.1. The van der Waals surface area contributed by atoms with Crippen LogP contribution in [0, 0.1) is 6.92 Å². The summed E-state index contributed by atoms with van der Waals surface area (Å²) < 4.78 is 43.7. The predicted octanol–water partition coefficient (Wildman–Crippen LogP) is 4.20. The first-order valence-electron chi connectivity index (χ1n) is 10.7. The van der Waals surface area contributed by atoms with Gasteiger partial charge in [-0.05, 0) is 24.6 Å². The fourth-order valence-electron chi connectivity index (χ4n) is 3.88. The van der Waals surface area contributed by atoms with Gasteiger partial charge in [-0.1, -0.05) is 30.3 Å². The molecule has 4 heterocycles. The molecule has 0 bridgehead atoms. The minimum absolute atomic E-state index is 0.0728. The van der Waals surface area contributed by atoms with Crippen LogP contribution in [-0.2, 0) is 12.7 Å². The summed E-state index contributed by atoms with van der Waals surface area (Å²) in [5.41, 5.74) is 6.82. The van der Waals surface area contributed by atoms with Crippen molar-refractivity contribution < 1.29 is 18.0 Å². The van der Waals surface area contributed by atoms with Gasteiger partial charge in [0.1, 0.15) is 11.8 Å². The molecular weight excluding hydrogens is 473 g/mol. The van der Waals surface area contributed by atoms with E-state index in [2.05, 4.69) is 25.5 Å². The Morgan fingerprint density at radius 1 is 1.08 bits per heavy atom. The molecule has 9 nitrogen and oxygen atoms in total. The van der Waals surface area contributed by atoms with E-state index in [1.807, 2.05) is 30.3 Å². The van der Waals surface area contributed by atoms with E-state index in [1.54, 1.807) is 17.8 Å². The molecule has 0 atom stereocenters. The van der Waals surface area contributed by atoms with Gasteiger partial charge in [0.15, 0.2) is 5.82 Å². The van der Waals surface area contributed by atoms with Crippen LogP contribution in [0.4, 0.5) is 24.7 Å². The number of benzene rings is 1. The molecule has 0 aliphatic rings. The summed E-state index contributed by atoms with van der Waals surface area (Å²) in [4.78, 5) is 21.0. The lowest BCUT2D eigenvalue weighted by Gasteiger charge is -2.08. The number of nitrogen functional groups attached to an aromatic ring is 1. The van der Waals surface area contributed by atoms with Crippen LogP contribution < -0.4 is 11.1 Å². The topological polar surface area (TPSA) is 116 Å². The summed E-state index contributed by atoms with van der Waals surface area (Å²) in [6, 6.07) is 12.1. The maximum atomic E-state index is 13.7. The summed E-state index contributed by atoms with van der Waals surface area (Å²) in [5, 5.41) is 11.0. The number of aromatic nitrogens is 6. The number of amides is 1. The highest BCUT2D eigenvalue weighted by Gasteiger charge is 2.36. The van der Waals surface area contributed by atoms with E-state index in [4.69, 9.17) is 5.73 Å². The predicted molar refractivity (Wildman–Crippen MR) is 126 cm³/mol. The van der Waals surface area contributed by atoms with Crippen LogP contribution in [0.15, 0.2) is 67.4 Å². The average Bonchev–Trinajstić information content (AvgIpc) is 3.45. The van der Waals surface area contributed by atoms with Gasteiger partial charge in [0.05, 0.1) is 40.9 Å². The number of halogens is 3. The summed E-state index contributed by atoms with van der Waals surface area (Å²) >= 11 is 0. The Morgan fingerprint density at radius 2 is 1.86 bits per heavy atom. The molecular formula is C24H19F3N8O. The first kappa shape index (κ1) is 23.0. The van der Waals surface area contributed by atoms with Crippen molar-refractivity contribution in [3.63, 3.8) is 0 Å². The first-order valence-corrected chi connectivity index (χ1v) is 10.7. The molecule has 4 aromatic heterocycles. The molecule has 12 heteroatoms. The van der Waals surface area contributed by atoms with E-state index in [9.17, 15) is 18.0 Å². The molecule has 1 aromatic carbocycles. The third-order valence-corrected chi connectivity index (χ3v) is 5.59. The van der Waals surface area contributed by atoms with Crippen molar-refractivity contribution in [2.45, 2.75) is 19.6 Å². The fraction of sp³-hybridized carbons (Fsp3) is 0.125. The molecule has 0 saturated heterocycles. The number of carbonyl (C=O) groups is 1. The zero-order chi connectivity index (χ0) is 25.4. The number of alkyl halides is 3. The number of anilines is 2. The van der Waals surface area contributed by atoms with Crippen LogP contribution in [0.3, 0.4) is 0 Å². The smallest absolute Gasteiger partial charge is 0.382 e. The monoisotopic (exact) mass is 492 g/mol. The first-order chi connectivity index (χ1) is 17.2. The molecule has 1 amide bonds. The van der Waals surface area contributed by atoms with Crippen molar-refractivity contribution in [3.8, 4) is 11.3 Å². The summed E-state index contributed by atoms with van der Waals surface area (Å²) in [6.45, 7) is 2.16. The van der Waals surface area contributed by atoms with Crippen LogP contribution in [0.2, 0.25) is 0 Å². The van der Waals surface area contributed by atoms with Gasteiger partial charge in [0.2, 0.25) is 0 Å². The number of nitrogens with zero attached hydrogens (tertiary/aromatic N) is 6. The third kappa shape index (κ3) is 4.35. The summed E-state index contributed by atoms with van der Waals surface area (Å²) in [6.07, 6.45) is 0.968. The van der Waals surface area contributed by atoms with E-state index >= 15 is 0 Å². The highest BCUT2D eigenvalue weighted by molar-refractivity contribution is 6.05. The number of carbonyl (C=O) groups excluding carboxylic acids is 1. The van der Waals surface area contributed by atoms with Gasteiger partial charge < -0.3 is 11.1 Å². The SMILES string of the molecule is Cc1ncc(-c2cc(C(F)(F)F)c3c(N)ncnn23)cc1C(=O)Nc1cnn(Cc2ccccc2)c1. The highest BCUT2D eigenvalue weighted by Crippen LogP contribution is 2.38. The number of hydrogen-bond donors (Lipinski definition) is 2. The zero-order valence-corrected chi connectivity index (χ0v) is 18.9. The Hall–Kier alpha value is -4.74. The van der Waals surface area contributed by atoms with E-state index in [0.717, 1.165) is 22.5 Å². The van der Waals surface area contributed by atoms with Gasteiger partial charge >= 0.3 is 6.18 Å². The van der Waals surface area contributed by atoms with Gasteiger partial charge in [0, 0.05) is 18.0 Å². The number of aryl methyl sites for hydroxylation is 1. The van der Waals surface area contributed by atoms with Crippen LogP contribution >= 0.6 is 0 Å². The summed E-state index contributed by atoms with van der Waals surface area (Å²) in [7, 11) is 0. The number of fused-ring (bicyclic) bond motifs is 1. The maximum absolute atomic E-state index is 13.7. The second-order valence-corrected chi connectivity index (χ2v) is 8.07. The van der Waals surface area contributed by atoms with Crippen molar-refractivity contribution >= 4 is 22.9 Å². The van der Waals surface area contributed by atoms with E-state index in [0.29, 0.717) is 17.9 Å². The number of nitrogens with two attached hydrogens (primary N) is 1. The lowest BCUT2D eigenvalue weighted by Crippen LogP contribution is -2.14. The van der Waals surface area contributed by atoms with E-state index in [1.165, 1.54) is 18.5 Å². The van der Waals surface area contributed by atoms with Gasteiger partial charge in [-0.2, -0.15) is 23.4 Å². The van der Waals surface area contributed by atoms with E-state index < -0.39 is 17.6 Å². The van der Waals surface area contributed by atoms with Gasteiger partial charge in [-0.25, -0.2) is 9.50 Å². The Labute approximate surface area is 202 Å². The van der Waals surface area contributed by atoms with Crippen molar-refractivity contribution in [2.75, 3.05) is 11.1 Å². The van der Waals surface area contributed by atoms with Gasteiger partial charge in [0.25, 0.3) is 5.91 Å². The molecule has 5 rings (SSSR count). The van der Waals surface area contributed by atoms with Gasteiger partial charge in [-0.15, -0.1) is 0 Å². The average molecular weight is 492 g/mol. The Bertz CT molecular complexity index is 1570. The van der Waals surface area contributed by atoms with Crippen molar-refractivity contribution in [2.24, 2.45) is 0 Å². The molecule has 0 radical (unpaired) electrons. The molecule has 5 aromatic rings. The molecule has 36 heavy (non-hydrogen) atoms. The molecule has 0 spiro atoms. The second-order valence-electron chi connectivity index (χ2n) is 8.07. The minimum atomic E-state index is -4.68.